The normalized spacial score (nSPS) is 16.5. The zero-order valence-electron chi connectivity index (χ0n) is 21.3. The number of sulfonamides is 1. The molecule has 3 aromatic carbocycles. The van der Waals surface area contributed by atoms with E-state index in [1.54, 1.807) is 36.4 Å². The van der Waals surface area contributed by atoms with E-state index in [2.05, 4.69) is 19.2 Å². The number of carbonyl (C=O) groups excluding carboxylic acids is 1. The Balaban J connectivity index is 1.65. The molecule has 36 heavy (non-hydrogen) atoms. The van der Waals surface area contributed by atoms with Crippen LogP contribution in [0.15, 0.2) is 77.7 Å². The lowest BCUT2D eigenvalue weighted by Crippen LogP contribution is -2.47. The Morgan fingerprint density at radius 1 is 0.944 bits per heavy atom. The molecule has 1 N–H and O–H groups in total. The maximum Gasteiger partial charge on any atom is 0.264 e. The Labute approximate surface area is 214 Å². The Morgan fingerprint density at radius 3 is 2.14 bits per heavy atom. The number of hydrogen-bond donors (Lipinski definition) is 1. The first-order valence-electron chi connectivity index (χ1n) is 12.4. The van der Waals surface area contributed by atoms with Gasteiger partial charge < -0.3 is 10.1 Å². The number of anilines is 1. The molecule has 0 saturated carbocycles. The van der Waals surface area contributed by atoms with Crippen LogP contribution in [0.4, 0.5) is 5.69 Å². The van der Waals surface area contributed by atoms with E-state index in [9.17, 15) is 13.2 Å². The van der Waals surface area contributed by atoms with Crippen molar-refractivity contribution in [2.45, 2.75) is 63.5 Å². The van der Waals surface area contributed by atoms with E-state index in [0.717, 1.165) is 35.3 Å². The number of amides is 1. The average Bonchev–Trinajstić information content (AvgIpc) is 2.88. The van der Waals surface area contributed by atoms with Gasteiger partial charge in [-0.25, -0.2) is 8.42 Å². The van der Waals surface area contributed by atoms with Crippen LogP contribution in [-0.4, -0.2) is 26.5 Å². The molecule has 4 rings (SSSR count). The van der Waals surface area contributed by atoms with E-state index in [1.165, 1.54) is 4.31 Å². The fraction of sp³-hybridized carbons (Fsp3) is 0.345. The van der Waals surface area contributed by atoms with E-state index in [-0.39, 0.29) is 29.0 Å². The largest absolute Gasteiger partial charge is 0.487 e. The minimum Gasteiger partial charge on any atom is -0.487 e. The Hall–Kier alpha value is -3.32. The minimum absolute atomic E-state index is 0.147. The SMILES string of the molecule is CCC1(CC)C[C@H](NC(=O)CN(c2ccc(C)cc2)S(=O)(=O)c2ccc(C)cc2)c2ccccc2O1. The van der Waals surface area contributed by atoms with Crippen LogP contribution in [0.5, 0.6) is 5.75 Å². The molecule has 1 amide bonds. The van der Waals surface area contributed by atoms with Crippen molar-refractivity contribution in [3.05, 3.63) is 89.5 Å². The van der Waals surface area contributed by atoms with Crippen molar-refractivity contribution in [1.82, 2.24) is 5.32 Å². The van der Waals surface area contributed by atoms with Crippen molar-refractivity contribution in [3.63, 3.8) is 0 Å². The van der Waals surface area contributed by atoms with Crippen LogP contribution < -0.4 is 14.4 Å². The lowest BCUT2D eigenvalue weighted by atomic mass is 9.83. The van der Waals surface area contributed by atoms with Crippen molar-refractivity contribution in [3.8, 4) is 5.75 Å². The molecule has 1 atom stereocenters. The second-order valence-corrected chi connectivity index (χ2v) is 11.4. The number of nitrogens with one attached hydrogen (secondary N) is 1. The Bertz CT molecular complexity index is 1310. The van der Waals surface area contributed by atoms with Gasteiger partial charge in [0.2, 0.25) is 5.91 Å². The van der Waals surface area contributed by atoms with Gasteiger partial charge in [0, 0.05) is 12.0 Å². The molecule has 1 aliphatic heterocycles. The Kier molecular flexibility index (Phi) is 7.41. The third-order valence-corrected chi connectivity index (χ3v) is 8.83. The highest BCUT2D eigenvalue weighted by atomic mass is 32.2. The molecule has 0 unspecified atom stereocenters. The van der Waals surface area contributed by atoms with Gasteiger partial charge in [-0.15, -0.1) is 0 Å². The van der Waals surface area contributed by atoms with Gasteiger partial charge in [0.1, 0.15) is 17.9 Å². The zero-order chi connectivity index (χ0) is 25.9. The number of fused-ring (bicyclic) bond motifs is 1. The number of para-hydroxylation sites is 1. The molecule has 1 aliphatic rings. The van der Waals surface area contributed by atoms with Crippen LogP contribution in [0.1, 0.15) is 55.8 Å². The maximum atomic E-state index is 13.7. The average molecular weight is 507 g/mol. The van der Waals surface area contributed by atoms with Gasteiger partial charge in [-0.05, 0) is 57.0 Å². The molecule has 3 aromatic rings. The molecule has 0 aliphatic carbocycles. The number of benzene rings is 3. The fourth-order valence-corrected chi connectivity index (χ4v) is 6.08. The summed E-state index contributed by atoms with van der Waals surface area (Å²) < 4.78 is 34.9. The first kappa shape index (κ1) is 25.8. The quantitative estimate of drug-likeness (QED) is 0.425. The maximum absolute atomic E-state index is 13.7. The highest BCUT2D eigenvalue weighted by Gasteiger charge is 2.39. The molecule has 190 valence electrons. The van der Waals surface area contributed by atoms with Gasteiger partial charge in [0.25, 0.3) is 10.0 Å². The molecule has 0 fully saturated rings. The second kappa shape index (κ2) is 10.3. The Morgan fingerprint density at radius 2 is 1.53 bits per heavy atom. The first-order chi connectivity index (χ1) is 17.2. The van der Waals surface area contributed by atoms with Crippen LogP contribution >= 0.6 is 0 Å². The topological polar surface area (TPSA) is 75.7 Å². The van der Waals surface area contributed by atoms with Gasteiger partial charge in [0.05, 0.1) is 16.6 Å². The van der Waals surface area contributed by atoms with Crippen molar-refractivity contribution in [1.29, 1.82) is 0 Å². The fourth-order valence-electron chi connectivity index (χ4n) is 4.66. The van der Waals surface area contributed by atoms with Crippen molar-refractivity contribution >= 4 is 21.6 Å². The molecule has 7 heteroatoms. The monoisotopic (exact) mass is 506 g/mol. The molecule has 1 heterocycles. The number of hydrogen-bond acceptors (Lipinski definition) is 4. The van der Waals surface area contributed by atoms with Crippen LogP contribution in [0.25, 0.3) is 0 Å². The molecule has 6 nitrogen and oxygen atoms in total. The summed E-state index contributed by atoms with van der Waals surface area (Å²) in [5, 5.41) is 3.12. The van der Waals surface area contributed by atoms with E-state index in [1.807, 2.05) is 50.2 Å². The summed E-state index contributed by atoms with van der Waals surface area (Å²) in [6.45, 7) is 7.68. The molecule has 0 bridgehead atoms. The number of nitrogens with zero attached hydrogens (tertiary/aromatic N) is 1. The van der Waals surface area contributed by atoms with Gasteiger partial charge in [-0.3, -0.25) is 9.10 Å². The van der Waals surface area contributed by atoms with Crippen LogP contribution in [0, 0.1) is 13.8 Å². The predicted molar refractivity (Wildman–Crippen MR) is 143 cm³/mol. The molecular formula is C29H34N2O4S. The van der Waals surface area contributed by atoms with Crippen molar-refractivity contribution in [2.75, 3.05) is 10.8 Å². The lowest BCUT2D eigenvalue weighted by molar-refractivity contribution is -0.121. The van der Waals surface area contributed by atoms with Crippen molar-refractivity contribution in [2.24, 2.45) is 0 Å². The standard InChI is InChI=1S/C29H34N2O4S/c1-5-29(6-2)19-26(25-9-7-8-10-27(25)35-29)30-28(32)20-31(23-15-11-21(3)12-16-23)36(33,34)24-17-13-22(4)14-18-24/h7-18,26H,5-6,19-20H2,1-4H3,(H,30,32)/t26-/m0/s1. The summed E-state index contributed by atoms with van der Waals surface area (Å²) in [5.74, 6) is 0.398. The summed E-state index contributed by atoms with van der Waals surface area (Å²) in [7, 11) is -3.96. The van der Waals surface area contributed by atoms with E-state index in [0.29, 0.717) is 12.1 Å². The number of ether oxygens (including phenoxy) is 1. The first-order valence-corrected chi connectivity index (χ1v) is 13.8. The smallest absolute Gasteiger partial charge is 0.264 e. The van der Waals surface area contributed by atoms with Crippen LogP contribution in [-0.2, 0) is 14.8 Å². The highest BCUT2D eigenvalue weighted by Crippen LogP contribution is 2.42. The summed E-state index contributed by atoms with van der Waals surface area (Å²) in [6.07, 6.45) is 2.24. The van der Waals surface area contributed by atoms with E-state index in [4.69, 9.17) is 4.74 Å². The van der Waals surface area contributed by atoms with E-state index < -0.39 is 10.0 Å². The summed E-state index contributed by atoms with van der Waals surface area (Å²) >= 11 is 0. The van der Waals surface area contributed by atoms with Crippen LogP contribution in [0.3, 0.4) is 0 Å². The second-order valence-electron chi connectivity index (χ2n) is 9.51. The van der Waals surface area contributed by atoms with Crippen molar-refractivity contribution < 1.29 is 17.9 Å². The zero-order valence-corrected chi connectivity index (χ0v) is 22.1. The molecular weight excluding hydrogens is 472 g/mol. The molecule has 0 spiro atoms. The molecule has 0 aromatic heterocycles. The van der Waals surface area contributed by atoms with E-state index >= 15 is 0 Å². The summed E-state index contributed by atoms with van der Waals surface area (Å²) in [4.78, 5) is 13.6. The van der Waals surface area contributed by atoms with Gasteiger partial charge >= 0.3 is 0 Å². The lowest BCUT2D eigenvalue weighted by Gasteiger charge is -2.41. The number of rotatable bonds is 8. The summed E-state index contributed by atoms with van der Waals surface area (Å²) in [5.41, 5.74) is 2.94. The molecule has 0 saturated heterocycles. The van der Waals surface area contributed by atoms with Gasteiger partial charge in [-0.1, -0.05) is 67.4 Å². The van der Waals surface area contributed by atoms with Gasteiger partial charge in [0.15, 0.2) is 0 Å². The van der Waals surface area contributed by atoms with Crippen LogP contribution in [0.2, 0.25) is 0 Å². The summed E-state index contributed by atoms with van der Waals surface area (Å²) in [6, 6.07) is 21.3. The third-order valence-electron chi connectivity index (χ3n) is 7.04. The molecule has 0 radical (unpaired) electrons. The third kappa shape index (κ3) is 5.26. The predicted octanol–water partition coefficient (Wildman–Crippen LogP) is 5.70. The number of carbonyl (C=O) groups is 1. The highest BCUT2D eigenvalue weighted by molar-refractivity contribution is 7.92. The van der Waals surface area contributed by atoms with Gasteiger partial charge in [-0.2, -0.15) is 0 Å². The number of aryl methyl sites for hydroxylation is 2. The minimum atomic E-state index is -3.96.